The second-order valence-corrected chi connectivity index (χ2v) is 6.68. The molecular formula is C20H21NO5. The Morgan fingerprint density at radius 1 is 1.12 bits per heavy atom. The molecule has 2 aromatic carbocycles. The van der Waals surface area contributed by atoms with Crippen molar-refractivity contribution in [1.82, 2.24) is 4.90 Å². The van der Waals surface area contributed by atoms with Crippen LogP contribution in [0.3, 0.4) is 0 Å². The summed E-state index contributed by atoms with van der Waals surface area (Å²) >= 11 is 0. The predicted octanol–water partition coefficient (Wildman–Crippen LogP) is 1.90. The van der Waals surface area contributed by atoms with Crippen molar-refractivity contribution >= 4 is 5.91 Å². The minimum Gasteiger partial charge on any atom is -0.454 e. The molecule has 1 amide bonds. The smallest absolute Gasteiger partial charge is 0.253 e. The number of benzene rings is 2. The summed E-state index contributed by atoms with van der Waals surface area (Å²) in [4.78, 5) is 14.3. The van der Waals surface area contributed by atoms with Gasteiger partial charge in [-0.2, -0.15) is 0 Å². The van der Waals surface area contributed by atoms with Crippen LogP contribution in [-0.4, -0.2) is 47.0 Å². The fourth-order valence-corrected chi connectivity index (χ4v) is 3.58. The van der Waals surface area contributed by atoms with E-state index in [9.17, 15) is 9.90 Å². The molecule has 1 saturated heterocycles. The number of hydrogen-bond donors (Lipinski definition) is 2. The average Bonchev–Trinajstić information content (AvgIpc) is 3.15. The number of carbonyl (C=O) groups is 1. The molecule has 136 valence electrons. The first kappa shape index (κ1) is 16.9. The van der Waals surface area contributed by atoms with Gasteiger partial charge < -0.3 is 24.6 Å². The first-order valence-corrected chi connectivity index (χ1v) is 8.72. The zero-order valence-electron chi connectivity index (χ0n) is 14.3. The SMILES string of the molecule is O=C(c1ccc(CO)cc1)N1CC[C@@H](c2ccc3c(c2)OCO3)[C@H](O)C1. The van der Waals surface area contributed by atoms with E-state index in [1.54, 1.807) is 29.2 Å². The standard InChI is InChI=1S/C20H21NO5/c22-11-13-1-3-14(4-2-13)20(24)21-8-7-16(17(23)10-21)15-5-6-18-19(9-15)26-12-25-18/h1-6,9,16-17,22-23H,7-8,10-12H2/t16-,17+/m0/s1. The third-order valence-corrected chi connectivity index (χ3v) is 5.08. The summed E-state index contributed by atoms with van der Waals surface area (Å²) in [5, 5.41) is 19.7. The second kappa shape index (κ2) is 6.97. The highest BCUT2D eigenvalue weighted by atomic mass is 16.7. The van der Waals surface area contributed by atoms with E-state index in [1.165, 1.54) is 0 Å². The van der Waals surface area contributed by atoms with Gasteiger partial charge in [0.1, 0.15) is 0 Å². The zero-order valence-corrected chi connectivity index (χ0v) is 14.3. The number of carbonyl (C=O) groups excluding carboxylic acids is 1. The van der Waals surface area contributed by atoms with E-state index < -0.39 is 6.10 Å². The third kappa shape index (κ3) is 3.13. The van der Waals surface area contributed by atoms with E-state index in [4.69, 9.17) is 14.6 Å². The molecule has 1 fully saturated rings. The second-order valence-electron chi connectivity index (χ2n) is 6.68. The van der Waals surface area contributed by atoms with E-state index in [-0.39, 0.29) is 25.2 Å². The topological polar surface area (TPSA) is 79.2 Å². The van der Waals surface area contributed by atoms with Gasteiger partial charge in [-0.1, -0.05) is 18.2 Å². The molecule has 2 heterocycles. The van der Waals surface area contributed by atoms with Crippen LogP contribution in [0.1, 0.15) is 33.8 Å². The highest BCUT2D eigenvalue weighted by Gasteiger charge is 2.32. The summed E-state index contributed by atoms with van der Waals surface area (Å²) in [6.45, 7) is 1.05. The van der Waals surface area contributed by atoms with Crippen LogP contribution in [0.4, 0.5) is 0 Å². The molecule has 0 aliphatic carbocycles. The molecule has 2 N–H and O–H groups in total. The summed E-state index contributed by atoms with van der Waals surface area (Å²) < 4.78 is 10.7. The maximum absolute atomic E-state index is 12.7. The molecule has 0 spiro atoms. The van der Waals surface area contributed by atoms with Gasteiger partial charge in [0.15, 0.2) is 11.5 Å². The summed E-state index contributed by atoms with van der Waals surface area (Å²) in [5.41, 5.74) is 2.33. The monoisotopic (exact) mass is 355 g/mol. The van der Waals surface area contributed by atoms with Crippen LogP contribution in [0.25, 0.3) is 0 Å². The van der Waals surface area contributed by atoms with Crippen LogP contribution in [-0.2, 0) is 6.61 Å². The molecule has 2 aliphatic rings. The van der Waals surface area contributed by atoms with Crippen molar-refractivity contribution in [2.75, 3.05) is 19.9 Å². The molecule has 0 unspecified atom stereocenters. The minimum absolute atomic E-state index is 0.0367. The Morgan fingerprint density at radius 2 is 1.88 bits per heavy atom. The number of aliphatic hydroxyl groups excluding tert-OH is 2. The van der Waals surface area contributed by atoms with Gasteiger partial charge in [0.2, 0.25) is 6.79 Å². The quantitative estimate of drug-likeness (QED) is 0.879. The number of fused-ring (bicyclic) bond motifs is 1. The van der Waals surface area contributed by atoms with Crippen molar-refractivity contribution in [2.24, 2.45) is 0 Å². The van der Waals surface area contributed by atoms with Crippen LogP contribution < -0.4 is 9.47 Å². The molecule has 4 rings (SSSR count). The van der Waals surface area contributed by atoms with Gasteiger partial charge in [0.25, 0.3) is 5.91 Å². The Hall–Kier alpha value is -2.57. The maximum Gasteiger partial charge on any atom is 0.253 e. The van der Waals surface area contributed by atoms with Gasteiger partial charge in [-0.05, 0) is 41.8 Å². The fourth-order valence-electron chi connectivity index (χ4n) is 3.58. The first-order valence-electron chi connectivity index (χ1n) is 8.72. The van der Waals surface area contributed by atoms with Gasteiger partial charge >= 0.3 is 0 Å². The van der Waals surface area contributed by atoms with Crippen molar-refractivity contribution in [1.29, 1.82) is 0 Å². The number of aliphatic hydroxyl groups is 2. The number of amides is 1. The molecule has 2 aliphatic heterocycles. The normalized spacial score (nSPS) is 21.7. The Bertz CT molecular complexity index is 804. The van der Waals surface area contributed by atoms with E-state index in [0.717, 1.165) is 16.9 Å². The number of likely N-dealkylation sites (tertiary alicyclic amines) is 1. The summed E-state index contributed by atoms with van der Waals surface area (Å²) in [7, 11) is 0. The van der Waals surface area contributed by atoms with Crippen LogP contribution in [0, 0.1) is 0 Å². The Morgan fingerprint density at radius 3 is 2.62 bits per heavy atom. The van der Waals surface area contributed by atoms with Gasteiger partial charge in [-0.25, -0.2) is 0 Å². The summed E-state index contributed by atoms with van der Waals surface area (Å²) in [5.74, 6) is 1.29. The number of nitrogens with zero attached hydrogens (tertiary/aromatic N) is 1. The van der Waals surface area contributed by atoms with Crippen molar-refractivity contribution in [3.63, 3.8) is 0 Å². The molecule has 6 nitrogen and oxygen atoms in total. The summed E-state index contributed by atoms with van der Waals surface area (Å²) in [6, 6.07) is 12.6. The van der Waals surface area contributed by atoms with Gasteiger partial charge in [0.05, 0.1) is 12.7 Å². The lowest BCUT2D eigenvalue weighted by molar-refractivity contribution is 0.0381. The largest absolute Gasteiger partial charge is 0.454 e. The lowest BCUT2D eigenvalue weighted by atomic mass is 9.86. The van der Waals surface area contributed by atoms with E-state index in [2.05, 4.69) is 0 Å². The third-order valence-electron chi connectivity index (χ3n) is 5.08. The number of β-amino-alcohol motifs (C(OH)–C–C–N with tert-alkyl or cyclic N) is 1. The Kier molecular flexibility index (Phi) is 4.53. The number of rotatable bonds is 3. The fraction of sp³-hybridized carbons (Fsp3) is 0.350. The molecule has 0 aromatic heterocycles. The van der Waals surface area contributed by atoms with Gasteiger partial charge in [-0.3, -0.25) is 4.79 Å². The van der Waals surface area contributed by atoms with Crippen LogP contribution in [0.2, 0.25) is 0 Å². The lowest BCUT2D eigenvalue weighted by Gasteiger charge is -2.36. The maximum atomic E-state index is 12.7. The molecular weight excluding hydrogens is 334 g/mol. The van der Waals surface area contributed by atoms with Crippen LogP contribution in [0.15, 0.2) is 42.5 Å². The Balaban J connectivity index is 1.45. The van der Waals surface area contributed by atoms with E-state index in [1.807, 2.05) is 18.2 Å². The highest BCUT2D eigenvalue weighted by molar-refractivity contribution is 5.94. The number of ether oxygens (including phenoxy) is 2. The Labute approximate surface area is 151 Å². The first-order chi connectivity index (χ1) is 12.7. The zero-order chi connectivity index (χ0) is 18.1. The van der Waals surface area contributed by atoms with Crippen molar-refractivity contribution in [3.05, 3.63) is 59.2 Å². The molecule has 0 radical (unpaired) electrons. The highest BCUT2D eigenvalue weighted by Crippen LogP contribution is 2.37. The van der Waals surface area contributed by atoms with Gasteiger partial charge in [0, 0.05) is 24.6 Å². The molecule has 26 heavy (non-hydrogen) atoms. The number of hydrogen-bond acceptors (Lipinski definition) is 5. The molecule has 6 heteroatoms. The predicted molar refractivity (Wildman–Crippen MR) is 94.2 cm³/mol. The van der Waals surface area contributed by atoms with Crippen LogP contribution >= 0.6 is 0 Å². The summed E-state index contributed by atoms with van der Waals surface area (Å²) in [6.07, 6.45) is 0.0474. The minimum atomic E-state index is -0.634. The molecule has 0 bridgehead atoms. The van der Waals surface area contributed by atoms with E-state index in [0.29, 0.717) is 30.8 Å². The van der Waals surface area contributed by atoms with Crippen molar-refractivity contribution in [2.45, 2.75) is 25.0 Å². The van der Waals surface area contributed by atoms with Gasteiger partial charge in [-0.15, -0.1) is 0 Å². The molecule has 2 aromatic rings. The van der Waals surface area contributed by atoms with E-state index >= 15 is 0 Å². The van der Waals surface area contributed by atoms with Crippen LogP contribution in [0.5, 0.6) is 11.5 Å². The average molecular weight is 355 g/mol. The van der Waals surface area contributed by atoms with Crippen molar-refractivity contribution in [3.8, 4) is 11.5 Å². The number of piperidine rings is 1. The lowest BCUT2D eigenvalue weighted by Crippen LogP contribution is -2.45. The van der Waals surface area contributed by atoms with Crippen molar-refractivity contribution < 1.29 is 24.5 Å². The molecule has 2 atom stereocenters. The molecule has 0 saturated carbocycles.